The molecular weight excluding hydrogens is 407 g/mol. The van der Waals surface area contributed by atoms with Gasteiger partial charge in [0, 0.05) is 10.2 Å². The summed E-state index contributed by atoms with van der Waals surface area (Å²) in [6, 6.07) is 13.1. The fourth-order valence-electron chi connectivity index (χ4n) is 2.15. The molecule has 7 heteroatoms. The van der Waals surface area contributed by atoms with E-state index in [0.29, 0.717) is 5.69 Å². The van der Waals surface area contributed by atoms with Gasteiger partial charge in [-0.1, -0.05) is 34.1 Å². The zero-order valence-electron chi connectivity index (χ0n) is 13.6. The summed E-state index contributed by atoms with van der Waals surface area (Å²) < 4.78 is 13.7. The van der Waals surface area contributed by atoms with Crippen LogP contribution in [0.4, 0.5) is 10.1 Å². The van der Waals surface area contributed by atoms with Gasteiger partial charge in [-0.25, -0.2) is 4.39 Å². The number of carbonyl (C=O) groups is 2. The van der Waals surface area contributed by atoms with Gasteiger partial charge in [0.25, 0.3) is 0 Å². The second kappa shape index (κ2) is 9.58. The smallest absolute Gasteiger partial charge is 0.234 e. The summed E-state index contributed by atoms with van der Waals surface area (Å²) in [7, 11) is 0. The average molecular weight is 425 g/mol. The van der Waals surface area contributed by atoms with Crippen LogP contribution in [0.1, 0.15) is 18.5 Å². The normalized spacial score (nSPS) is 11.6. The Kier molecular flexibility index (Phi) is 7.46. The Labute approximate surface area is 158 Å². The molecule has 132 valence electrons. The van der Waals surface area contributed by atoms with Crippen LogP contribution in [-0.4, -0.2) is 23.3 Å². The molecule has 0 spiro atoms. The van der Waals surface area contributed by atoms with E-state index in [1.165, 1.54) is 36.0 Å². The predicted octanol–water partition coefficient (Wildman–Crippen LogP) is 4.14. The molecule has 0 aromatic heterocycles. The van der Waals surface area contributed by atoms with E-state index in [0.717, 1.165) is 10.0 Å². The van der Waals surface area contributed by atoms with Crippen molar-refractivity contribution >= 4 is 45.2 Å². The first-order valence-corrected chi connectivity index (χ1v) is 9.57. The summed E-state index contributed by atoms with van der Waals surface area (Å²) in [5, 5.41) is 5.56. The third-order valence-electron chi connectivity index (χ3n) is 3.34. The van der Waals surface area contributed by atoms with Gasteiger partial charge in [0.05, 0.1) is 17.5 Å². The lowest BCUT2D eigenvalue weighted by atomic mass is 10.1. The third-order valence-corrected chi connectivity index (χ3v) is 5.00. The van der Waals surface area contributed by atoms with Crippen LogP contribution in [0, 0.1) is 5.82 Å². The van der Waals surface area contributed by atoms with E-state index in [1.54, 1.807) is 0 Å². The minimum absolute atomic E-state index is 0.128. The molecule has 0 aliphatic carbocycles. The molecular formula is C18H18BrFN2O2S. The topological polar surface area (TPSA) is 58.2 Å². The van der Waals surface area contributed by atoms with Gasteiger partial charge < -0.3 is 10.6 Å². The second-order valence-corrected chi connectivity index (χ2v) is 7.20. The molecule has 2 amide bonds. The van der Waals surface area contributed by atoms with Crippen molar-refractivity contribution in [3.05, 3.63) is 64.4 Å². The number of hydrogen-bond donors (Lipinski definition) is 2. The maximum Gasteiger partial charge on any atom is 0.234 e. The van der Waals surface area contributed by atoms with Crippen LogP contribution in [0.3, 0.4) is 0 Å². The highest BCUT2D eigenvalue weighted by atomic mass is 79.9. The zero-order chi connectivity index (χ0) is 18.2. The number of halogens is 2. The number of benzene rings is 2. The maximum absolute atomic E-state index is 12.8. The lowest BCUT2D eigenvalue weighted by Gasteiger charge is -2.15. The lowest BCUT2D eigenvalue weighted by molar-refractivity contribution is -0.119. The summed E-state index contributed by atoms with van der Waals surface area (Å²) in [4.78, 5) is 23.8. The van der Waals surface area contributed by atoms with E-state index in [2.05, 4.69) is 26.6 Å². The predicted molar refractivity (Wildman–Crippen MR) is 103 cm³/mol. The minimum Gasteiger partial charge on any atom is -0.349 e. The summed E-state index contributed by atoms with van der Waals surface area (Å²) in [5.74, 6) is -0.394. The van der Waals surface area contributed by atoms with Gasteiger partial charge in [0.2, 0.25) is 11.8 Å². The number of thioether (sulfide) groups is 1. The first-order valence-electron chi connectivity index (χ1n) is 7.62. The van der Waals surface area contributed by atoms with Crippen LogP contribution in [0.5, 0.6) is 0 Å². The van der Waals surface area contributed by atoms with Crippen molar-refractivity contribution in [1.29, 1.82) is 0 Å². The molecule has 0 heterocycles. The maximum atomic E-state index is 12.8. The Balaban J connectivity index is 1.72. The first kappa shape index (κ1) is 19.5. The molecule has 0 fully saturated rings. The molecule has 0 saturated heterocycles. The van der Waals surface area contributed by atoms with Gasteiger partial charge in [-0.05, 0) is 42.8 Å². The van der Waals surface area contributed by atoms with Gasteiger partial charge in [-0.2, -0.15) is 0 Å². The Bertz CT molecular complexity index is 740. The molecule has 2 N–H and O–H groups in total. The van der Waals surface area contributed by atoms with Gasteiger partial charge in [0.1, 0.15) is 5.82 Å². The van der Waals surface area contributed by atoms with Crippen LogP contribution >= 0.6 is 27.7 Å². The minimum atomic E-state index is -0.358. The van der Waals surface area contributed by atoms with Gasteiger partial charge in [-0.3, -0.25) is 9.59 Å². The largest absolute Gasteiger partial charge is 0.349 e. The average Bonchev–Trinajstić information content (AvgIpc) is 2.57. The highest BCUT2D eigenvalue weighted by molar-refractivity contribution is 9.10. The highest BCUT2D eigenvalue weighted by Crippen LogP contribution is 2.22. The van der Waals surface area contributed by atoms with E-state index in [-0.39, 0.29) is 35.2 Å². The first-order chi connectivity index (χ1) is 12.0. The van der Waals surface area contributed by atoms with E-state index in [4.69, 9.17) is 0 Å². The molecule has 2 aromatic rings. The Hall–Kier alpha value is -1.86. The molecule has 1 unspecified atom stereocenters. The molecule has 2 rings (SSSR count). The van der Waals surface area contributed by atoms with Crippen molar-refractivity contribution in [2.45, 2.75) is 13.0 Å². The van der Waals surface area contributed by atoms with Crippen LogP contribution in [-0.2, 0) is 9.59 Å². The molecule has 0 bridgehead atoms. The third kappa shape index (κ3) is 6.51. The quantitative estimate of drug-likeness (QED) is 0.701. The molecule has 25 heavy (non-hydrogen) atoms. The fraction of sp³-hybridized carbons (Fsp3) is 0.222. The van der Waals surface area contributed by atoms with Crippen LogP contribution < -0.4 is 10.6 Å². The molecule has 4 nitrogen and oxygen atoms in total. The number of nitrogens with one attached hydrogen (secondary N) is 2. The molecule has 0 aliphatic heterocycles. The Morgan fingerprint density at radius 3 is 2.40 bits per heavy atom. The van der Waals surface area contributed by atoms with Gasteiger partial charge in [-0.15, -0.1) is 11.8 Å². The van der Waals surface area contributed by atoms with Gasteiger partial charge in [0.15, 0.2) is 0 Å². The van der Waals surface area contributed by atoms with E-state index >= 15 is 0 Å². The Morgan fingerprint density at radius 1 is 1.08 bits per heavy atom. The van der Waals surface area contributed by atoms with E-state index in [9.17, 15) is 14.0 Å². The van der Waals surface area contributed by atoms with Crippen molar-refractivity contribution < 1.29 is 14.0 Å². The molecule has 0 aliphatic rings. The van der Waals surface area contributed by atoms with Crippen LogP contribution in [0.2, 0.25) is 0 Å². The SMILES string of the molecule is CC(NC(=O)CSCC(=O)Nc1ccc(F)cc1)c1ccccc1Br. The number of carbonyl (C=O) groups excluding carboxylic acids is 2. The van der Waals surface area contributed by atoms with Crippen LogP contribution in [0.15, 0.2) is 53.0 Å². The fourth-order valence-corrected chi connectivity index (χ4v) is 3.41. The lowest BCUT2D eigenvalue weighted by Crippen LogP contribution is -2.29. The van der Waals surface area contributed by atoms with E-state index in [1.807, 2.05) is 31.2 Å². The van der Waals surface area contributed by atoms with Crippen molar-refractivity contribution in [3.63, 3.8) is 0 Å². The standard InChI is InChI=1S/C18H18BrFN2O2S/c1-12(15-4-2-3-5-16(15)19)21-17(23)10-25-11-18(24)22-14-8-6-13(20)7-9-14/h2-9,12H,10-11H2,1H3,(H,21,23)(H,22,24). The summed E-state index contributed by atoms with van der Waals surface area (Å²) in [5.41, 5.74) is 1.52. The second-order valence-electron chi connectivity index (χ2n) is 5.36. The molecule has 0 radical (unpaired) electrons. The van der Waals surface area contributed by atoms with Crippen molar-refractivity contribution in [2.24, 2.45) is 0 Å². The molecule has 2 aromatic carbocycles. The highest BCUT2D eigenvalue weighted by Gasteiger charge is 2.12. The molecule has 0 saturated carbocycles. The zero-order valence-corrected chi connectivity index (χ0v) is 16.0. The summed E-state index contributed by atoms with van der Waals surface area (Å²) in [6.07, 6.45) is 0. The van der Waals surface area contributed by atoms with Crippen LogP contribution in [0.25, 0.3) is 0 Å². The summed E-state index contributed by atoms with van der Waals surface area (Å²) >= 11 is 4.68. The number of anilines is 1. The Morgan fingerprint density at radius 2 is 1.72 bits per heavy atom. The number of amides is 2. The van der Waals surface area contributed by atoms with E-state index < -0.39 is 0 Å². The van der Waals surface area contributed by atoms with Crippen molar-refractivity contribution in [2.75, 3.05) is 16.8 Å². The number of rotatable bonds is 7. The van der Waals surface area contributed by atoms with Gasteiger partial charge >= 0.3 is 0 Å². The monoisotopic (exact) mass is 424 g/mol. The summed E-state index contributed by atoms with van der Waals surface area (Å²) in [6.45, 7) is 1.91. The van der Waals surface area contributed by atoms with Crippen molar-refractivity contribution in [1.82, 2.24) is 5.32 Å². The number of hydrogen-bond acceptors (Lipinski definition) is 3. The van der Waals surface area contributed by atoms with Crippen molar-refractivity contribution in [3.8, 4) is 0 Å². The molecule has 1 atom stereocenters.